The smallest absolute Gasteiger partial charge is 0.325 e. The Balaban J connectivity index is 1.82. The minimum absolute atomic E-state index is 0.0287. The van der Waals surface area contributed by atoms with Crippen LogP contribution in [0.15, 0.2) is 18.5 Å². The molecule has 0 aliphatic heterocycles. The number of thiophene rings is 1. The lowest BCUT2D eigenvalue weighted by atomic mass is 9.79. The number of halogens is 1. The molecule has 1 aliphatic carbocycles. The molecule has 54 heavy (non-hydrogen) atoms. The van der Waals surface area contributed by atoms with Crippen molar-refractivity contribution in [3.8, 4) is 11.8 Å². The maximum Gasteiger partial charge on any atom is 0.325 e. The summed E-state index contributed by atoms with van der Waals surface area (Å²) in [5.74, 6) is 3.69. The highest BCUT2D eigenvalue weighted by molar-refractivity contribution is 7.16. The van der Waals surface area contributed by atoms with Gasteiger partial charge in [-0.15, -0.1) is 11.3 Å². The number of nitrogens with zero attached hydrogens (tertiary/aromatic N) is 6. The molecule has 4 atom stereocenters. The summed E-state index contributed by atoms with van der Waals surface area (Å²) in [7, 11) is 8.30. The van der Waals surface area contributed by atoms with E-state index in [9.17, 15) is 24.0 Å². The average Bonchev–Trinajstić information content (AvgIpc) is 3.82. The summed E-state index contributed by atoms with van der Waals surface area (Å²) in [5, 5.41) is 11.0. The summed E-state index contributed by atoms with van der Waals surface area (Å²) >= 11 is 7.42. The van der Waals surface area contributed by atoms with Crippen LogP contribution in [0.4, 0.5) is 5.82 Å². The maximum absolute atomic E-state index is 13.9. The van der Waals surface area contributed by atoms with E-state index in [0.717, 1.165) is 6.42 Å². The molecule has 1 saturated carbocycles. The van der Waals surface area contributed by atoms with Crippen LogP contribution in [0.1, 0.15) is 49.9 Å². The molecule has 0 aromatic carbocycles. The first kappa shape index (κ1) is 41.9. The van der Waals surface area contributed by atoms with E-state index >= 15 is 0 Å². The molecular formula is C35H47ClN10O7S. The van der Waals surface area contributed by atoms with Gasteiger partial charge in [0.2, 0.25) is 23.5 Å². The maximum atomic E-state index is 13.9. The van der Waals surface area contributed by atoms with Gasteiger partial charge in [0.05, 0.1) is 40.1 Å². The van der Waals surface area contributed by atoms with E-state index in [0.29, 0.717) is 32.7 Å². The Kier molecular flexibility index (Phi) is 14.7. The molecule has 0 unspecified atom stereocenters. The van der Waals surface area contributed by atoms with E-state index in [1.54, 1.807) is 61.6 Å². The number of fused-ring (bicyclic) bond motifs is 1. The summed E-state index contributed by atoms with van der Waals surface area (Å²) in [6.07, 6.45) is -0.0997. The van der Waals surface area contributed by atoms with E-state index < -0.39 is 66.4 Å². The van der Waals surface area contributed by atoms with Crippen molar-refractivity contribution in [2.75, 3.05) is 73.3 Å². The zero-order valence-electron chi connectivity index (χ0n) is 31.4. The topological polar surface area (TPSA) is 202 Å². The van der Waals surface area contributed by atoms with Crippen LogP contribution < -0.4 is 21.3 Å². The predicted octanol–water partition coefficient (Wildman–Crippen LogP) is 1.03. The lowest BCUT2D eigenvalue weighted by molar-refractivity contribution is -0.175. The van der Waals surface area contributed by atoms with Crippen LogP contribution >= 0.6 is 22.9 Å². The Morgan fingerprint density at radius 3 is 2.19 bits per heavy atom. The van der Waals surface area contributed by atoms with Crippen molar-refractivity contribution >= 4 is 69.6 Å². The monoisotopic (exact) mass is 786 g/mol. The summed E-state index contributed by atoms with van der Waals surface area (Å²) in [5.41, 5.74) is -0.678. The van der Waals surface area contributed by atoms with Gasteiger partial charge in [0.15, 0.2) is 29.2 Å². The first-order chi connectivity index (χ1) is 25.7. The van der Waals surface area contributed by atoms with Crippen LogP contribution in [0, 0.1) is 17.3 Å². The second kappa shape index (κ2) is 19.0. The van der Waals surface area contributed by atoms with E-state index in [2.05, 4.69) is 43.1 Å². The molecule has 4 N–H and O–H groups in total. The highest BCUT2D eigenvalue weighted by Crippen LogP contribution is 2.51. The van der Waals surface area contributed by atoms with Crippen molar-refractivity contribution in [3.63, 3.8) is 0 Å². The molecule has 3 amide bonds. The van der Waals surface area contributed by atoms with Gasteiger partial charge in [-0.05, 0) is 71.4 Å². The van der Waals surface area contributed by atoms with Gasteiger partial charge in [-0.3, -0.25) is 24.0 Å². The second-order valence-corrected chi connectivity index (χ2v) is 15.0. The van der Waals surface area contributed by atoms with Crippen LogP contribution in [0.25, 0.3) is 11.2 Å². The molecule has 17 nitrogen and oxygen atoms in total. The fourth-order valence-electron chi connectivity index (χ4n) is 6.16. The fourth-order valence-corrected chi connectivity index (χ4v) is 7.06. The number of nitrogens with one attached hydrogen (secondary N) is 4. The van der Waals surface area contributed by atoms with Crippen LogP contribution in [0.3, 0.4) is 0 Å². The third kappa shape index (κ3) is 10.4. The van der Waals surface area contributed by atoms with Gasteiger partial charge in [0, 0.05) is 13.6 Å². The number of esters is 2. The van der Waals surface area contributed by atoms with Crippen molar-refractivity contribution < 1.29 is 33.4 Å². The molecule has 0 saturated heterocycles. The first-order valence-electron chi connectivity index (χ1n) is 17.4. The van der Waals surface area contributed by atoms with Crippen LogP contribution in [0.2, 0.25) is 4.34 Å². The number of carbonyl (C=O) groups is 5. The zero-order valence-corrected chi connectivity index (χ0v) is 33.0. The molecule has 19 heteroatoms. The Morgan fingerprint density at radius 2 is 1.63 bits per heavy atom. The first-order valence-corrected chi connectivity index (χ1v) is 18.6. The van der Waals surface area contributed by atoms with Gasteiger partial charge in [0.25, 0.3) is 0 Å². The van der Waals surface area contributed by atoms with Crippen molar-refractivity contribution in [1.29, 1.82) is 0 Å². The quantitative estimate of drug-likeness (QED) is 0.119. The third-order valence-electron chi connectivity index (χ3n) is 8.60. The molecule has 1 aliphatic rings. The Morgan fingerprint density at radius 1 is 0.981 bits per heavy atom. The minimum atomic E-state index is -1.41. The number of hydrogen-bond acceptors (Lipinski definition) is 14. The Hall–Kier alpha value is -4.83. The van der Waals surface area contributed by atoms with E-state index in [1.807, 2.05) is 6.92 Å². The highest BCUT2D eigenvalue weighted by Gasteiger charge is 2.61. The van der Waals surface area contributed by atoms with E-state index in [1.165, 1.54) is 24.7 Å². The van der Waals surface area contributed by atoms with Gasteiger partial charge in [0.1, 0.15) is 13.1 Å². The minimum Gasteiger partial charge on any atom is -0.456 e. The van der Waals surface area contributed by atoms with E-state index in [-0.39, 0.29) is 31.8 Å². The number of amides is 3. The normalized spacial score (nSPS) is 19.3. The average molecular weight is 787 g/mol. The molecule has 3 aromatic rings. The van der Waals surface area contributed by atoms with Crippen LogP contribution in [-0.2, 0) is 33.4 Å². The van der Waals surface area contributed by atoms with Gasteiger partial charge in [-0.1, -0.05) is 25.4 Å². The molecule has 292 valence electrons. The van der Waals surface area contributed by atoms with Crippen molar-refractivity contribution in [1.82, 2.24) is 45.3 Å². The zero-order chi connectivity index (χ0) is 39.6. The molecule has 3 aromatic heterocycles. The molecule has 0 bridgehead atoms. The van der Waals surface area contributed by atoms with Gasteiger partial charge >= 0.3 is 11.9 Å². The SMILES string of the molecule is CCCNc1nc(C#Cc2ccc(Cl)s2)nc2c1ncn2[C@@H]1C[C@](CC)(C(=O)NC)[C@@H](OC(=O)CNC(=O)CN(C)C)[C@H]1OC(=O)CNC(=O)CN(C)C. The largest absolute Gasteiger partial charge is 0.456 e. The Labute approximate surface area is 322 Å². The standard InChI is InChI=1S/C35H47ClN10O7S/c1-8-14-38-32-29-33(43-24(42-32)13-11-21-10-12-23(36)54-21)46(20-41-29)22-15-35(9-2,34(51)37-3)31(53-28(50)17-40-26(48)19-45(6)7)30(22)52-27(49)16-39-25(47)18-44(4)5/h10,12,20,22,30-31H,8-9,14-19H2,1-7H3,(H,37,51)(H,39,47)(H,40,48)(H,38,42,43)/t22-,30+,31+,35+/m1/s1. The number of aromatic nitrogens is 4. The molecule has 4 rings (SSSR count). The number of imidazole rings is 1. The molecular weight excluding hydrogens is 740 g/mol. The summed E-state index contributed by atoms with van der Waals surface area (Å²) in [6.45, 7) is 3.44. The number of carbonyl (C=O) groups excluding carboxylic acids is 5. The summed E-state index contributed by atoms with van der Waals surface area (Å²) in [6, 6.07) is 2.67. The lowest BCUT2D eigenvalue weighted by Gasteiger charge is -2.33. The van der Waals surface area contributed by atoms with Gasteiger partial charge in [-0.25, -0.2) is 15.0 Å². The third-order valence-corrected chi connectivity index (χ3v) is 9.75. The van der Waals surface area contributed by atoms with Gasteiger partial charge in [-0.2, -0.15) is 0 Å². The van der Waals surface area contributed by atoms with Crippen LogP contribution in [-0.4, -0.2) is 139 Å². The fraction of sp³-hybridized carbons (Fsp3) is 0.543. The van der Waals surface area contributed by atoms with Crippen molar-refractivity contribution in [2.24, 2.45) is 5.41 Å². The molecule has 3 heterocycles. The molecule has 0 spiro atoms. The number of likely N-dealkylation sites (N-methyl/N-ethyl adjacent to an activating group) is 2. The van der Waals surface area contributed by atoms with Crippen molar-refractivity contribution in [3.05, 3.63) is 33.5 Å². The summed E-state index contributed by atoms with van der Waals surface area (Å²) < 4.78 is 14.3. The number of hydrogen-bond donors (Lipinski definition) is 4. The lowest BCUT2D eigenvalue weighted by Crippen LogP contribution is -2.51. The van der Waals surface area contributed by atoms with Crippen LogP contribution in [0.5, 0.6) is 0 Å². The molecule has 0 radical (unpaired) electrons. The van der Waals surface area contributed by atoms with Gasteiger partial charge < -0.3 is 45.1 Å². The van der Waals surface area contributed by atoms with Crippen molar-refractivity contribution in [2.45, 2.75) is 51.4 Å². The predicted molar refractivity (Wildman–Crippen MR) is 203 cm³/mol. The van der Waals surface area contributed by atoms with E-state index in [4.69, 9.17) is 26.1 Å². The number of rotatable bonds is 16. The second-order valence-electron chi connectivity index (χ2n) is 13.3. The highest BCUT2D eigenvalue weighted by atomic mass is 35.5. The Bertz CT molecular complexity index is 1900. The molecule has 1 fully saturated rings. The number of ether oxygens (including phenoxy) is 2. The summed E-state index contributed by atoms with van der Waals surface area (Å²) in [4.78, 5) is 83.4. The number of anilines is 1.